The van der Waals surface area contributed by atoms with Crippen molar-refractivity contribution in [3.63, 3.8) is 0 Å². The fourth-order valence-corrected chi connectivity index (χ4v) is 3.52. The quantitative estimate of drug-likeness (QED) is 0.626. The Hall–Kier alpha value is -3.26. The van der Waals surface area contributed by atoms with Crippen LogP contribution in [0.5, 0.6) is 0 Å². The van der Waals surface area contributed by atoms with Gasteiger partial charge in [-0.1, -0.05) is 6.07 Å². The number of hydrogen-bond donors (Lipinski definition) is 1. The van der Waals surface area contributed by atoms with Crippen molar-refractivity contribution in [2.24, 2.45) is 0 Å². The van der Waals surface area contributed by atoms with E-state index in [4.69, 9.17) is 9.78 Å². The van der Waals surface area contributed by atoms with Crippen LogP contribution in [0.3, 0.4) is 0 Å². The molecular formula is C23H25F2N5O. The van der Waals surface area contributed by atoms with Crippen molar-refractivity contribution in [2.45, 2.75) is 25.4 Å². The molecule has 3 heterocycles. The summed E-state index contributed by atoms with van der Waals surface area (Å²) >= 11 is 0. The Labute approximate surface area is 180 Å². The van der Waals surface area contributed by atoms with E-state index in [0.29, 0.717) is 42.5 Å². The third-order valence-corrected chi connectivity index (χ3v) is 4.75. The maximum Gasteiger partial charge on any atom is 0.135 e. The van der Waals surface area contributed by atoms with E-state index in [1.807, 2.05) is 24.1 Å². The summed E-state index contributed by atoms with van der Waals surface area (Å²) in [6.07, 6.45) is 3.65. The van der Waals surface area contributed by atoms with E-state index >= 15 is 0 Å². The normalized spacial score (nSPS) is 18.6. The van der Waals surface area contributed by atoms with Crippen LogP contribution in [-0.4, -0.2) is 52.4 Å². The zero-order chi connectivity index (χ0) is 22.2. The number of pyridine rings is 1. The molecule has 1 aromatic carbocycles. The van der Waals surface area contributed by atoms with Crippen LogP contribution in [0, 0.1) is 5.82 Å². The van der Waals surface area contributed by atoms with Crippen LogP contribution in [-0.2, 0) is 4.79 Å². The lowest BCUT2D eigenvalue weighted by atomic mass is 9.96. The first-order valence-corrected chi connectivity index (χ1v) is 10.0. The van der Waals surface area contributed by atoms with Crippen LogP contribution in [0.2, 0.25) is 0 Å². The van der Waals surface area contributed by atoms with Crippen molar-refractivity contribution in [3.8, 4) is 11.3 Å². The molecule has 1 N–H and O–H groups in total. The van der Waals surface area contributed by atoms with Gasteiger partial charge in [-0.15, -0.1) is 0 Å². The summed E-state index contributed by atoms with van der Waals surface area (Å²) in [7, 11) is 1.90. The van der Waals surface area contributed by atoms with Crippen molar-refractivity contribution in [2.75, 3.05) is 25.5 Å². The molecule has 31 heavy (non-hydrogen) atoms. The number of piperidine rings is 1. The Bertz CT molecular complexity index is 992. The minimum Gasteiger partial charge on any atom is -0.340 e. The molecule has 0 radical (unpaired) electrons. The Morgan fingerprint density at radius 2 is 1.97 bits per heavy atom. The van der Waals surface area contributed by atoms with E-state index in [-0.39, 0.29) is 11.7 Å². The Kier molecular flexibility index (Phi) is 7.72. The monoisotopic (exact) mass is 425 g/mol. The number of halogens is 2. The molecule has 1 aliphatic heterocycles. The highest BCUT2D eigenvalue weighted by Gasteiger charge is 2.28. The fourth-order valence-electron chi connectivity index (χ4n) is 3.52. The molecule has 162 valence electrons. The van der Waals surface area contributed by atoms with E-state index in [2.05, 4.69) is 15.3 Å². The molecular weight excluding hydrogens is 400 g/mol. The molecule has 0 aliphatic carbocycles. The van der Waals surface area contributed by atoms with Gasteiger partial charge in [0.1, 0.15) is 29.9 Å². The smallest absolute Gasteiger partial charge is 0.135 e. The second-order valence-electron chi connectivity index (χ2n) is 7.36. The number of rotatable bonds is 4. The summed E-state index contributed by atoms with van der Waals surface area (Å²) in [5, 5.41) is 3.14. The van der Waals surface area contributed by atoms with Gasteiger partial charge in [0.2, 0.25) is 0 Å². The number of nitrogens with one attached hydrogen (secondary N) is 1. The molecule has 6 nitrogen and oxygen atoms in total. The molecule has 2 atom stereocenters. The molecule has 1 saturated heterocycles. The molecule has 4 rings (SSSR count). The molecule has 0 saturated carbocycles. The van der Waals surface area contributed by atoms with E-state index < -0.39 is 6.17 Å². The Morgan fingerprint density at radius 3 is 2.65 bits per heavy atom. The maximum absolute atomic E-state index is 14.1. The number of carbonyl (C=O) groups excluding carboxylic acids is 1. The predicted molar refractivity (Wildman–Crippen MR) is 116 cm³/mol. The van der Waals surface area contributed by atoms with Gasteiger partial charge >= 0.3 is 0 Å². The van der Waals surface area contributed by atoms with Gasteiger partial charge < -0.3 is 15.0 Å². The summed E-state index contributed by atoms with van der Waals surface area (Å²) in [6.45, 7) is 2.56. The summed E-state index contributed by atoms with van der Waals surface area (Å²) in [6, 6.07) is 11.7. The zero-order valence-electron chi connectivity index (χ0n) is 17.5. The van der Waals surface area contributed by atoms with E-state index in [0.717, 1.165) is 11.8 Å². The second-order valence-corrected chi connectivity index (χ2v) is 7.36. The molecule has 0 amide bonds. The van der Waals surface area contributed by atoms with Gasteiger partial charge in [0.25, 0.3) is 0 Å². The van der Waals surface area contributed by atoms with E-state index in [9.17, 15) is 8.78 Å². The van der Waals surface area contributed by atoms with Crippen LogP contribution in [0.4, 0.5) is 20.3 Å². The number of hydrogen-bond acceptors (Lipinski definition) is 6. The number of anilines is 2. The van der Waals surface area contributed by atoms with Crippen molar-refractivity contribution >= 4 is 17.8 Å². The van der Waals surface area contributed by atoms with Gasteiger partial charge in [0, 0.05) is 48.7 Å². The molecule has 1 aliphatic rings. The Morgan fingerprint density at radius 1 is 1.16 bits per heavy atom. The van der Waals surface area contributed by atoms with Crippen LogP contribution >= 0.6 is 0 Å². The lowest BCUT2D eigenvalue weighted by Gasteiger charge is -2.31. The van der Waals surface area contributed by atoms with Gasteiger partial charge in [-0.2, -0.15) is 0 Å². The number of likely N-dealkylation sites (N-methyl/N-ethyl adjacent to an activating group) is 1. The number of nitrogens with zero attached hydrogens (tertiary/aromatic N) is 4. The minimum absolute atomic E-state index is 0.113. The lowest BCUT2D eigenvalue weighted by Crippen LogP contribution is -2.38. The first-order valence-electron chi connectivity index (χ1n) is 10.0. The molecule has 0 spiro atoms. The highest BCUT2D eigenvalue weighted by atomic mass is 19.1. The van der Waals surface area contributed by atoms with Crippen LogP contribution in [0.1, 0.15) is 25.1 Å². The molecule has 0 bridgehead atoms. The first-order chi connectivity index (χ1) is 15.0. The van der Waals surface area contributed by atoms with Crippen LogP contribution < -0.4 is 5.32 Å². The highest BCUT2D eigenvalue weighted by Crippen LogP contribution is 2.29. The summed E-state index contributed by atoms with van der Waals surface area (Å²) < 4.78 is 27.7. The third-order valence-electron chi connectivity index (χ3n) is 4.75. The van der Waals surface area contributed by atoms with Crippen molar-refractivity contribution < 1.29 is 13.6 Å². The molecule has 3 aromatic rings. The summed E-state index contributed by atoms with van der Waals surface area (Å²) in [4.78, 5) is 24.2. The van der Waals surface area contributed by atoms with Gasteiger partial charge in [0.05, 0.1) is 5.69 Å². The largest absolute Gasteiger partial charge is 0.340 e. The first kappa shape index (κ1) is 22.4. The standard InChI is InChI=1S/C21H21F2N5.C2H4O/c1-28-12-15(8-17(23)13-28)21-26-19(14-4-3-7-24-11-14)10-20(27-21)25-18-6-2-5-16(22)9-18;1-2-3/h2-7,9-11,15,17H,8,12-13H2,1H3,(H,25,26,27);2H,1H3. The van der Waals surface area contributed by atoms with Gasteiger partial charge in [-0.25, -0.2) is 18.7 Å². The van der Waals surface area contributed by atoms with Gasteiger partial charge in [0.15, 0.2) is 0 Å². The van der Waals surface area contributed by atoms with Crippen molar-refractivity contribution in [1.82, 2.24) is 19.9 Å². The number of carbonyl (C=O) groups is 1. The fraction of sp³-hybridized carbons (Fsp3) is 0.304. The predicted octanol–water partition coefficient (Wildman–Crippen LogP) is 4.38. The lowest BCUT2D eigenvalue weighted by molar-refractivity contribution is -0.106. The van der Waals surface area contributed by atoms with Crippen molar-refractivity contribution in [1.29, 1.82) is 0 Å². The minimum atomic E-state index is -0.908. The van der Waals surface area contributed by atoms with E-state index in [1.165, 1.54) is 19.1 Å². The average Bonchev–Trinajstić information content (AvgIpc) is 2.74. The number of likely N-dealkylation sites (tertiary alicyclic amines) is 1. The molecule has 1 fully saturated rings. The highest BCUT2D eigenvalue weighted by molar-refractivity contribution is 5.65. The van der Waals surface area contributed by atoms with Crippen LogP contribution in [0.15, 0.2) is 54.9 Å². The molecule has 8 heteroatoms. The molecule has 2 unspecified atom stereocenters. The Balaban J connectivity index is 0.000000858. The topological polar surface area (TPSA) is 71.0 Å². The van der Waals surface area contributed by atoms with Gasteiger partial charge in [-0.3, -0.25) is 4.98 Å². The SMILES string of the molecule is CC=O.CN1CC(F)CC(c2nc(Nc3cccc(F)c3)cc(-c3cccnc3)n2)C1. The summed E-state index contributed by atoms with van der Waals surface area (Å²) in [5.74, 6) is 0.673. The van der Waals surface area contributed by atoms with Crippen molar-refractivity contribution in [3.05, 3.63) is 66.5 Å². The second kappa shape index (κ2) is 10.7. The van der Waals surface area contributed by atoms with Gasteiger partial charge in [-0.05, 0) is 50.7 Å². The summed E-state index contributed by atoms with van der Waals surface area (Å²) in [5.41, 5.74) is 2.13. The number of alkyl halides is 1. The zero-order valence-corrected chi connectivity index (χ0v) is 17.5. The number of benzene rings is 1. The third kappa shape index (κ3) is 6.36. The van der Waals surface area contributed by atoms with E-state index in [1.54, 1.807) is 30.6 Å². The average molecular weight is 425 g/mol. The number of aldehydes is 1. The number of aromatic nitrogens is 3. The van der Waals surface area contributed by atoms with Crippen LogP contribution in [0.25, 0.3) is 11.3 Å². The maximum atomic E-state index is 14.1. The molecule has 2 aromatic heterocycles.